The lowest BCUT2D eigenvalue weighted by Gasteiger charge is -2.18. The summed E-state index contributed by atoms with van der Waals surface area (Å²) in [4.78, 5) is 8.11. The molecule has 2 aromatic heterocycles. The molecular formula is C13H17N3S. The summed E-state index contributed by atoms with van der Waals surface area (Å²) in [6.45, 7) is 0.987. The Morgan fingerprint density at radius 1 is 1.29 bits per heavy atom. The number of nitrogens with zero attached hydrogens (tertiary/aromatic N) is 2. The van der Waals surface area contributed by atoms with Gasteiger partial charge in [0.2, 0.25) is 0 Å². The van der Waals surface area contributed by atoms with Gasteiger partial charge in [-0.2, -0.15) is 0 Å². The first-order valence-corrected chi connectivity index (χ1v) is 6.56. The second kappa shape index (κ2) is 5.68. The normalized spacial score (nSPS) is 10.2. The third-order valence-electron chi connectivity index (χ3n) is 2.66. The minimum atomic E-state index is 0.908. The molecule has 0 saturated heterocycles. The molecule has 0 atom stereocenters. The summed E-state index contributed by atoms with van der Waals surface area (Å²) in [5.41, 5.74) is 0. The smallest absolute Gasteiger partial charge is 0.130 e. The average Bonchev–Trinajstić information content (AvgIpc) is 2.89. The van der Waals surface area contributed by atoms with Crippen LogP contribution in [0.3, 0.4) is 0 Å². The molecule has 0 radical (unpaired) electrons. The van der Waals surface area contributed by atoms with Gasteiger partial charge in [-0.1, -0.05) is 12.1 Å². The summed E-state index contributed by atoms with van der Waals surface area (Å²) in [5.74, 6) is 1.92. The van der Waals surface area contributed by atoms with Gasteiger partial charge in [-0.05, 0) is 30.0 Å². The monoisotopic (exact) mass is 247 g/mol. The second-order valence-electron chi connectivity index (χ2n) is 3.88. The molecule has 4 heteroatoms. The fourth-order valence-electron chi connectivity index (χ4n) is 1.62. The summed E-state index contributed by atoms with van der Waals surface area (Å²) in [6, 6.07) is 10.3. The van der Waals surface area contributed by atoms with Crippen LogP contribution in [0.25, 0.3) is 0 Å². The highest BCUT2D eigenvalue weighted by Crippen LogP contribution is 2.14. The van der Waals surface area contributed by atoms with E-state index in [1.165, 1.54) is 4.88 Å². The number of thiophene rings is 1. The zero-order valence-electron chi connectivity index (χ0n) is 10.2. The minimum Gasteiger partial charge on any atom is -0.373 e. The highest BCUT2D eigenvalue weighted by molar-refractivity contribution is 7.09. The van der Waals surface area contributed by atoms with Gasteiger partial charge in [0.05, 0.1) is 0 Å². The van der Waals surface area contributed by atoms with Crippen molar-refractivity contribution in [2.75, 3.05) is 30.9 Å². The molecule has 0 aliphatic carbocycles. The number of likely N-dealkylation sites (N-methyl/N-ethyl adjacent to an activating group) is 1. The van der Waals surface area contributed by atoms with Crippen molar-refractivity contribution in [3.63, 3.8) is 0 Å². The lowest BCUT2D eigenvalue weighted by Crippen LogP contribution is -2.21. The van der Waals surface area contributed by atoms with E-state index >= 15 is 0 Å². The first-order valence-electron chi connectivity index (χ1n) is 5.68. The molecule has 17 heavy (non-hydrogen) atoms. The Kier molecular flexibility index (Phi) is 3.98. The number of aromatic nitrogens is 1. The van der Waals surface area contributed by atoms with Gasteiger partial charge >= 0.3 is 0 Å². The fraction of sp³-hybridized carbons (Fsp3) is 0.308. The van der Waals surface area contributed by atoms with Gasteiger partial charge in [-0.25, -0.2) is 4.98 Å². The van der Waals surface area contributed by atoms with Crippen molar-refractivity contribution >= 4 is 23.0 Å². The molecule has 3 nitrogen and oxygen atoms in total. The van der Waals surface area contributed by atoms with Gasteiger partial charge in [0, 0.05) is 25.5 Å². The van der Waals surface area contributed by atoms with Crippen LogP contribution in [-0.2, 0) is 6.42 Å². The predicted molar refractivity (Wildman–Crippen MR) is 75.1 cm³/mol. The third kappa shape index (κ3) is 3.20. The lowest BCUT2D eigenvalue weighted by molar-refractivity contribution is 0.870. The number of hydrogen-bond acceptors (Lipinski definition) is 4. The van der Waals surface area contributed by atoms with Crippen LogP contribution in [0.15, 0.2) is 35.7 Å². The molecule has 2 rings (SSSR count). The molecule has 0 amide bonds. The average molecular weight is 247 g/mol. The van der Waals surface area contributed by atoms with Gasteiger partial charge in [-0.3, -0.25) is 0 Å². The van der Waals surface area contributed by atoms with Crippen molar-refractivity contribution in [3.05, 3.63) is 40.6 Å². The van der Waals surface area contributed by atoms with Gasteiger partial charge in [0.15, 0.2) is 0 Å². The van der Waals surface area contributed by atoms with E-state index in [1.807, 2.05) is 36.6 Å². The lowest BCUT2D eigenvalue weighted by atomic mass is 10.3. The third-order valence-corrected chi connectivity index (χ3v) is 3.59. The molecule has 1 N–H and O–H groups in total. The quantitative estimate of drug-likeness (QED) is 0.880. The van der Waals surface area contributed by atoms with Crippen LogP contribution in [0.4, 0.5) is 11.6 Å². The number of hydrogen-bond donors (Lipinski definition) is 1. The van der Waals surface area contributed by atoms with E-state index in [-0.39, 0.29) is 0 Å². The Morgan fingerprint density at radius 3 is 2.88 bits per heavy atom. The van der Waals surface area contributed by atoms with Crippen LogP contribution >= 0.6 is 11.3 Å². The molecule has 0 unspecified atom stereocenters. The van der Waals surface area contributed by atoms with Crippen molar-refractivity contribution in [1.29, 1.82) is 0 Å². The Balaban J connectivity index is 1.96. The Labute approximate surface area is 106 Å². The minimum absolute atomic E-state index is 0.908. The van der Waals surface area contributed by atoms with Crippen LogP contribution in [0.1, 0.15) is 4.88 Å². The first kappa shape index (κ1) is 11.9. The molecule has 0 aliphatic heterocycles. The van der Waals surface area contributed by atoms with Gasteiger partial charge < -0.3 is 10.2 Å². The largest absolute Gasteiger partial charge is 0.373 e. The molecule has 0 aliphatic rings. The molecule has 2 aromatic rings. The van der Waals surface area contributed by atoms with Crippen molar-refractivity contribution in [3.8, 4) is 0 Å². The van der Waals surface area contributed by atoms with Crippen LogP contribution in [0, 0.1) is 0 Å². The zero-order chi connectivity index (χ0) is 12.1. The molecular weight excluding hydrogens is 230 g/mol. The summed E-state index contributed by atoms with van der Waals surface area (Å²) >= 11 is 1.81. The van der Waals surface area contributed by atoms with Crippen molar-refractivity contribution in [2.24, 2.45) is 0 Å². The van der Waals surface area contributed by atoms with Crippen LogP contribution < -0.4 is 10.2 Å². The van der Waals surface area contributed by atoms with E-state index in [0.29, 0.717) is 0 Å². The van der Waals surface area contributed by atoms with E-state index in [0.717, 1.165) is 24.6 Å². The second-order valence-corrected chi connectivity index (χ2v) is 4.91. The van der Waals surface area contributed by atoms with Crippen LogP contribution in [-0.4, -0.2) is 25.6 Å². The SMILES string of the molecule is CNc1cccc(N(C)CCc2cccs2)n1. The number of rotatable bonds is 5. The highest BCUT2D eigenvalue weighted by atomic mass is 32.1. The van der Waals surface area contributed by atoms with E-state index < -0.39 is 0 Å². The molecule has 90 valence electrons. The molecule has 0 aromatic carbocycles. The fourth-order valence-corrected chi connectivity index (χ4v) is 2.32. The topological polar surface area (TPSA) is 28.2 Å². The molecule has 0 spiro atoms. The first-order chi connectivity index (χ1) is 8.29. The van der Waals surface area contributed by atoms with E-state index in [9.17, 15) is 0 Å². The maximum absolute atomic E-state index is 4.51. The van der Waals surface area contributed by atoms with Crippen molar-refractivity contribution in [2.45, 2.75) is 6.42 Å². The maximum atomic E-state index is 4.51. The van der Waals surface area contributed by atoms with Crippen LogP contribution in [0.2, 0.25) is 0 Å². The molecule has 2 heterocycles. The summed E-state index contributed by atoms with van der Waals surface area (Å²) in [5, 5.41) is 5.18. The van der Waals surface area contributed by atoms with Crippen molar-refractivity contribution in [1.82, 2.24) is 4.98 Å². The number of pyridine rings is 1. The number of nitrogens with one attached hydrogen (secondary N) is 1. The molecule has 0 fully saturated rings. The predicted octanol–water partition coefficient (Wildman–Crippen LogP) is 2.86. The van der Waals surface area contributed by atoms with Crippen LogP contribution in [0.5, 0.6) is 0 Å². The number of anilines is 2. The van der Waals surface area contributed by atoms with E-state index in [1.54, 1.807) is 0 Å². The maximum Gasteiger partial charge on any atom is 0.130 e. The standard InChI is InChI=1S/C13H17N3S/c1-14-12-6-3-7-13(15-12)16(2)9-8-11-5-4-10-17-11/h3-7,10H,8-9H2,1-2H3,(H,14,15). The Bertz CT molecular complexity index is 453. The Morgan fingerprint density at radius 2 is 2.18 bits per heavy atom. The van der Waals surface area contributed by atoms with E-state index in [4.69, 9.17) is 0 Å². The molecule has 0 saturated carbocycles. The van der Waals surface area contributed by atoms with E-state index in [2.05, 4.69) is 39.8 Å². The molecule has 0 bridgehead atoms. The van der Waals surface area contributed by atoms with Crippen molar-refractivity contribution < 1.29 is 0 Å². The summed E-state index contributed by atoms with van der Waals surface area (Å²) < 4.78 is 0. The zero-order valence-corrected chi connectivity index (χ0v) is 11.0. The highest BCUT2D eigenvalue weighted by Gasteiger charge is 2.03. The Hall–Kier alpha value is -1.55. The van der Waals surface area contributed by atoms with Gasteiger partial charge in [-0.15, -0.1) is 11.3 Å². The summed E-state index contributed by atoms with van der Waals surface area (Å²) in [7, 11) is 3.97. The summed E-state index contributed by atoms with van der Waals surface area (Å²) in [6.07, 6.45) is 1.07. The van der Waals surface area contributed by atoms with Gasteiger partial charge in [0.25, 0.3) is 0 Å². The van der Waals surface area contributed by atoms with Gasteiger partial charge in [0.1, 0.15) is 11.6 Å².